The SMILES string of the molecule is Cc1cccc(C(N)c2ccc3[nH]c(=O)[nH]c3c2)c1Br. The van der Waals surface area contributed by atoms with Gasteiger partial charge in [-0.3, -0.25) is 0 Å². The molecule has 0 saturated carbocycles. The maximum atomic E-state index is 11.3. The third-order valence-electron chi connectivity index (χ3n) is 3.46. The molecular weight excluding hydrogens is 318 g/mol. The largest absolute Gasteiger partial charge is 0.323 e. The molecule has 2 aromatic carbocycles. The Bertz CT molecular complexity index is 834. The van der Waals surface area contributed by atoms with Crippen LogP contribution in [0.15, 0.2) is 45.7 Å². The average molecular weight is 332 g/mol. The normalized spacial score (nSPS) is 12.8. The molecule has 3 aromatic rings. The topological polar surface area (TPSA) is 74.7 Å². The molecule has 1 heterocycles. The summed E-state index contributed by atoms with van der Waals surface area (Å²) in [6.45, 7) is 2.03. The summed E-state index contributed by atoms with van der Waals surface area (Å²) >= 11 is 3.59. The number of nitrogens with one attached hydrogen (secondary N) is 2. The fourth-order valence-electron chi connectivity index (χ4n) is 2.33. The lowest BCUT2D eigenvalue weighted by Gasteiger charge is -2.15. The minimum atomic E-state index is -0.243. The molecule has 0 aliphatic carbocycles. The summed E-state index contributed by atoms with van der Waals surface area (Å²) in [6, 6.07) is 11.5. The third kappa shape index (κ3) is 2.19. The number of hydrogen-bond acceptors (Lipinski definition) is 2. The maximum absolute atomic E-state index is 11.3. The zero-order valence-corrected chi connectivity index (χ0v) is 12.5. The first-order valence-corrected chi connectivity index (χ1v) is 7.08. The van der Waals surface area contributed by atoms with Crippen molar-refractivity contribution in [3.63, 3.8) is 0 Å². The second-order valence-corrected chi connectivity index (χ2v) is 5.63. The quantitative estimate of drug-likeness (QED) is 0.675. The van der Waals surface area contributed by atoms with Crippen LogP contribution in [0.5, 0.6) is 0 Å². The van der Waals surface area contributed by atoms with Crippen LogP contribution in [0.3, 0.4) is 0 Å². The highest BCUT2D eigenvalue weighted by Crippen LogP contribution is 2.29. The van der Waals surface area contributed by atoms with Crippen LogP contribution in [0.1, 0.15) is 22.7 Å². The second kappa shape index (κ2) is 4.92. The lowest BCUT2D eigenvalue weighted by molar-refractivity contribution is 0.865. The number of halogens is 1. The van der Waals surface area contributed by atoms with Gasteiger partial charge in [-0.15, -0.1) is 0 Å². The Morgan fingerprint density at radius 2 is 1.90 bits per heavy atom. The number of aryl methyl sites for hydroxylation is 1. The summed E-state index contributed by atoms with van der Waals surface area (Å²) in [5.74, 6) is 0. The Kier molecular flexibility index (Phi) is 3.23. The van der Waals surface area contributed by atoms with E-state index in [0.717, 1.165) is 32.2 Å². The smallest absolute Gasteiger partial charge is 0.320 e. The minimum Gasteiger partial charge on any atom is -0.320 e. The van der Waals surface area contributed by atoms with Crippen LogP contribution in [0.25, 0.3) is 11.0 Å². The number of aromatic amines is 2. The molecule has 4 nitrogen and oxygen atoms in total. The van der Waals surface area contributed by atoms with Gasteiger partial charge in [0.25, 0.3) is 0 Å². The van der Waals surface area contributed by atoms with E-state index < -0.39 is 0 Å². The Morgan fingerprint density at radius 3 is 2.70 bits per heavy atom. The zero-order chi connectivity index (χ0) is 14.3. The summed E-state index contributed by atoms with van der Waals surface area (Å²) in [7, 11) is 0. The number of benzene rings is 2. The predicted molar refractivity (Wildman–Crippen MR) is 83.8 cm³/mol. The lowest BCUT2D eigenvalue weighted by atomic mass is 9.98. The van der Waals surface area contributed by atoms with Crippen LogP contribution in [0.4, 0.5) is 0 Å². The van der Waals surface area contributed by atoms with Crippen LogP contribution < -0.4 is 11.4 Å². The van der Waals surface area contributed by atoms with Gasteiger partial charge >= 0.3 is 5.69 Å². The summed E-state index contributed by atoms with van der Waals surface area (Å²) in [4.78, 5) is 16.8. The molecule has 0 fully saturated rings. The molecule has 0 saturated heterocycles. The van der Waals surface area contributed by atoms with E-state index in [0.29, 0.717) is 0 Å². The Labute approximate surface area is 124 Å². The molecule has 1 aromatic heterocycles. The van der Waals surface area contributed by atoms with Gasteiger partial charge in [-0.2, -0.15) is 0 Å². The first-order valence-electron chi connectivity index (χ1n) is 6.29. The number of aromatic nitrogens is 2. The van der Waals surface area contributed by atoms with Gasteiger partial charge in [0.1, 0.15) is 0 Å². The van der Waals surface area contributed by atoms with Crippen molar-refractivity contribution in [2.75, 3.05) is 0 Å². The Hall–Kier alpha value is -1.85. The first-order chi connectivity index (χ1) is 9.56. The fourth-order valence-corrected chi connectivity index (χ4v) is 2.84. The number of nitrogens with two attached hydrogens (primary N) is 1. The molecule has 0 bridgehead atoms. The van der Waals surface area contributed by atoms with Crippen molar-refractivity contribution in [3.05, 3.63) is 68.0 Å². The van der Waals surface area contributed by atoms with Gasteiger partial charge in [0.05, 0.1) is 17.1 Å². The Balaban J connectivity index is 2.09. The highest BCUT2D eigenvalue weighted by atomic mass is 79.9. The molecule has 3 rings (SSSR count). The summed E-state index contributed by atoms with van der Waals surface area (Å²) in [5, 5.41) is 0. The van der Waals surface area contributed by atoms with Gasteiger partial charge in [-0.1, -0.05) is 40.2 Å². The zero-order valence-electron chi connectivity index (χ0n) is 10.9. The van der Waals surface area contributed by atoms with Gasteiger partial charge in [0, 0.05) is 4.47 Å². The van der Waals surface area contributed by atoms with Gasteiger partial charge in [-0.25, -0.2) is 4.79 Å². The highest BCUT2D eigenvalue weighted by molar-refractivity contribution is 9.10. The van der Waals surface area contributed by atoms with E-state index in [1.807, 2.05) is 43.3 Å². The van der Waals surface area contributed by atoms with E-state index in [9.17, 15) is 4.79 Å². The van der Waals surface area contributed by atoms with Crippen LogP contribution in [-0.4, -0.2) is 9.97 Å². The summed E-state index contributed by atoms with van der Waals surface area (Å²) in [5.41, 5.74) is 10.8. The van der Waals surface area contributed by atoms with E-state index >= 15 is 0 Å². The van der Waals surface area contributed by atoms with Gasteiger partial charge in [0.2, 0.25) is 0 Å². The second-order valence-electron chi connectivity index (χ2n) is 4.84. The monoisotopic (exact) mass is 331 g/mol. The average Bonchev–Trinajstić information content (AvgIpc) is 2.80. The van der Waals surface area contributed by atoms with E-state index in [4.69, 9.17) is 5.73 Å². The van der Waals surface area contributed by atoms with Gasteiger partial charge in [0.15, 0.2) is 0 Å². The number of H-pyrrole nitrogens is 2. The third-order valence-corrected chi connectivity index (χ3v) is 4.54. The highest BCUT2D eigenvalue weighted by Gasteiger charge is 2.14. The fraction of sp³-hybridized carbons (Fsp3) is 0.133. The maximum Gasteiger partial charge on any atom is 0.323 e. The summed E-state index contributed by atoms with van der Waals surface area (Å²) < 4.78 is 1.02. The standard InChI is InChI=1S/C15H14BrN3O/c1-8-3-2-4-10(13(8)16)14(17)9-5-6-11-12(7-9)19-15(20)18-11/h2-7,14H,17H2,1H3,(H2,18,19,20). The van der Waals surface area contributed by atoms with Crippen LogP contribution in [0, 0.1) is 6.92 Å². The Morgan fingerprint density at radius 1 is 1.15 bits per heavy atom. The van der Waals surface area contributed by atoms with Crippen molar-refractivity contribution in [2.45, 2.75) is 13.0 Å². The molecule has 20 heavy (non-hydrogen) atoms. The number of fused-ring (bicyclic) bond motifs is 1. The first kappa shape index (κ1) is 13.1. The van der Waals surface area contributed by atoms with Crippen molar-refractivity contribution >= 4 is 27.0 Å². The van der Waals surface area contributed by atoms with Crippen molar-refractivity contribution < 1.29 is 0 Å². The molecule has 0 aliphatic rings. The molecule has 4 N–H and O–H groups in total. The van der Waals surface area contributed by atoms with E-state index in [1.165, 1.54) is 0 Å². The molecule has 0 radical (unpaired) electrons. The van der Waals surface area contributed by atoms with Crippen molar-refractivity contribution in [2.24, 2.45) is 5.73 Å². The van der Waals surface area contributed by atoms with Crippen LogP contribution >= 0.6 is 15.9 Å². The molecule has 0 amide bonds. The van der Waals surface area contributed by atoms with Gasteiger partial charge in [-0.05, 0) is 35.7 Å². The van der Waals surface area contributed by atoms with E-state index in [2.05, 4.69) is 25.9 Å². The molecule has 1 unspecified atom stereocenters. The van der Waals surface area contributed by atoms with Crippen molar-refractivity contribution in [1.82, 2.24) is 9.97 Å². The number of hydrogen-bond donors (Lipinski definition) is 3. The molecule has 0 spiro atoms. The van der Waals surface area contributed by atoms with Crippen molar-refractivity contribution in [1.29, 1.82) is 0 Å². The molecule has 5 heteroatoms. The van der Waals surface area contributed by atoms with E-state index in [-0.39, 0.29) is 11.7 Å². The van der Waals surface area contributed by atoms with Crippen LogP contribution in [0.2, 0.25) is 0 Å². The molecule has 1 atom stereocenters. The van der Waals surface area contributed by atoms with Crippen molar-refractivity contribution in [3.8, 4) is 0 Å². The number of rotatable bonds is 2. The molecular formula is C15H14BrN3O. The predicted octanol–water partition coefficient (Wildman–Crippen LogP) is 2.98. The molecule has 102 valence electrons. The lowest BCUT2D eigenvalue weighted by Crippen LogP contribution is -2.12. The van der Waals surface area contributed by atoms with Crippen LogP contribution in [-0.2, 0) is 0 Å². The molecule has 0 aliphatic heterocycles. The summed E-state index contributed by atoms with van der Waals surface area (Å²) in [6.07, 6.45) is 0. The number of imidazole rings is 1. The van der Waals surface area contributed by atoms with Gasteiger partial charge < -0.3 is 15.7 Å². The van der Waals surface area contributed by atoms with E-state index in [1.54, 1.807) is 0 Å². The minimum absolute atomic E-state index is 0.206.